The first kappa shape index (κ1) is 16.6. The first-order valence-electron chi connectivity index (χ1n) is 7.90. The zero-order valence-electron chi connectivity index (χ0n) is 12.6. The number of hydrogen-bond donors (Lipinski definition) is 1. The Hall–Kier alpha value is -1.45. The van der Waals surface area contributed by atoms with Crippen LogP contribution in [0.5, 0.6) is 0 Å². The maximum absolute atomic E-state index is 11.6. The summed E-state index contributed by atoms with van der Waals surface area (Å²) in [6, 6.07) is 1.73. The van der Waals surface area contributed by atoms with Crippen LogP contribution in [0.15, 0.2) is 18.5 Å². The van der Waals surface area contributed by atoms with Gasteiger partial charge < -0.3 is 0 Å². The van der Waals surface area contributed by atoms with Crippen LogP contribution in [0.3, 0.4) is 0 Å². The molecule has 4 nitrogen and oxygen atoms in total. The quantitative estimate of drug-likeness (QED) is 0.612. The second kappa shape index (κ2) is 11.4. The Morgan fingerprint density at radius 3 is 2.10 bits per heavy atom. The molecule has 0 saturated heterocycles. The van der Waals surface area contributed by atoms with Crippen molar-refractivity contribution >= 4 is 11.9 Å². The average molecular weight is 277 g/mol. The molecule has 0 saturated carbocycles. The summed E-state index contributed by atoms with van der Waals surface area (Å²) >= 11 is 0. The standard InChI is InChI=1S/C16H27N3O/c1-2-3-4-5-6-7-8-9-10-12-15(20)19-16-17-13-11-14-18-16/h11,13-14H,2-10,12H2,1H3,(H,17,18,19,20). The molecule has 0 aliphatic rings. The Kier molecular flexibility index (Phi) is 9.45. The van der Waals surface area contributed by atoms with Crippen molar-refractivity contribution in [3.8, 4) is 0 Å². The zero-order chi connectivity index (χ0) is 14.5. The monoisotopic (exact) mass is 277 g/mol. The molecule has 0 spiro atoms. The number of carbonyl (C=O) groups excluding carboxylic acids is 1. The Bertz CT molecular complexity index is 354. The Morgan fingerprint density at radius 2 is 1.50 bits per heavy atom. The van der Waals surface area contributed by atoms with Crippen LogP contribution in [-0.4, -0.2) is 15.9 Å². The minimum Gasteiger partial charge on any atom is -0.295 e. The normalized spacial score (nSPS) is 10.4. The maximum Gasteiger partial charge on any atom is 0.229 e. The van der Waals surface area contributed by atoms with Crippen LogP contribution in [0, 0.1) is 0 Å². The van der Waals surface area contributed by atoms with Crippen molar-refractivity contribution in [2.75, 3.05) is 5.32 Å². The molecule has 0 aliphatic carbocycles. The molecule has 1 rings (SSSR count). The number of hydrogen-bond acceptors (Lipinski definition) is 3. The summed E-state index contributed by atoms with van der Waals surface area (Å²) in [5.74, 6) is 0.410. The number of anilines is 1. The van der Waals surface area contributed by atoms with Gasteiger partial charge in [0.05, 0.1) is 0 Å². The predicted molar refractivity (Wildman–Crippen MR) is 82.5 cm³/mol. The van der Waals surface area contributed by atoms with E-state index in [1.165, 1.54) is 44.9 Å². The van der Waals surface area contributed by atoms with E-state index in [0.29, 0.717) is 12.4 Å². The van der Waals surface area contributed by atoms with Gasteiger partial charge in [0.2, 0.25) is 11.9 Å². The SMILES string of the molecule is CCCCCCCCCCCC(=O)Nc1ncccn1. The average Bonchev–Trinajstić information content (AvgIpc) is 2.46. The molecule has 0 radical (unpaired) electrons. The van der Waals surface area contributed by atoms with Crippen LogP contribution in [0.1, 0.15) is 71.1 Å². The fourth-order valence-corrected chi connectivity index (χ4v) is 2.15. The van der Waals surface area contributed by atoms with Crippen LogP contribution in [0.2, 0.25) is 0 Å². The molecule has 4 heteroatoms. The summed E-state index contributed by atoms with van der Waals surface area (Å²) in [7, 11) is 0. The van der Waals surface area contributed by atoms with Crippen molar-refractivity contribution in [2.24, 2.45) is 0 Å². The molecule has 0 aromatic carbocycles. The minimum atomic E-state index is 0.0131. The van der Waals surface area contributed by atoms with Crippen molar-refractivity contribution in [2.45, 2.75) is 71.1 Å². The van der Waals surface area contributed by atoms with Gasteiger partial charge in [-0.2, -0.15) is 0 Å². The third-order valence-corrected chi connectivity index (χ3v) is 3.32. The highest BCUT2D eigenvalue weighted by atomic mass is 16.1. The minimum absolute atomic E-state index is 0.0131. The molecule has 0 aliphatic heterocycles. The zero-order valence-corrected chi connectivity index (χ0v) is 12.6. The molecular formula is C16H27N3O. The fourth-order valence-electron chi connectivity index (χ4n) is 2.15. The third-order valence-electron chi connectivity index (χ3n) is 3.32. The van der Waals surface area contributed by atoms with E-state index in [1.807, 2.05) is 0 Å². The van der Waals surface area contributed by atoms with E-state index in [4.69, 9.17) is 0 Å². The second-order valence-corrected chi connectivity index (χ2v) is 5.20. The molecule has 1 amide bonds. The predicted octanol–water partition coefficient (Wildman–Crippen LogP) is 4.34. The summed E-state index contributed by atoms with van der Waals surface area (Å²) in [5.41, 5.74) is 0. The van der Waals surface area contributed by atoms with Crippen LogP contribution < -0.4 is 5.32 Å². The van der Waals surface area contributed by atoms with E-state index < -0.39 is 0 Å². The van der Waals surface area contributed by atoms with Gasteiger partial charge in [-0.05, 0) is 12.5 Å². The van der Waals surface area contributed by atoms with Gasteiger partial charge in [0.15, 0.2) is 0 Å². The first-order chi connectivity index (χ1) is 9.83. The fraction of sp³-hybridized carbons (Fsp3) is 0.688. The molecule has 112 valence electrons. The molecule has 0 bridgehead atoms. The molecule has 1 aromatic heterocycles. The molecule has 1 aromatic rings. The van der Waals surface area contributed by atoms with Crippen molar-refractivity contribution < 1.29 is 4.79 Å². The second-order valence-electron chi connectivity index (χ2n) is 5.20. The van der Waals surface area contributed by atoms with Gasteiger partial charge in [-0.15, -0.1) is 0 Å². The van der Waals surface area contributed by atoms with Crippen molar-refractivity contribution in [3.05, 3.63) is 18.5 Å². The number of unbranched alkanes of at least 4 members (excludes halogenated alkanes) is 8. The van der Waals surface area contributed by atoms with Crippen LogP contribution in [0.4, 0.5) is 5.95 Å². The van der Waals surface area contributed by atoms with E-state index in [0.717, 1.165) is 12.8 Å². The summed E-state index contributed by atoms with van der Waals surface area (Å²) in [5, 5.41) is 2.71. The number of carbonyl (C=O) groups is 1. The lowest BCUT2D eigenvalue weighted by Crippen LogP contribution is -2.13. The molecule has 0 atom stereocenters. The highest BCUT2D eigenvalue weighted by Gasteiger charge is 2.03. The Balaban J connectivity index is 1.92. The Morgan fingerprint density at radius 1 is 0.950 bits per heavy atom. The number of nitrogens with one attached hydrogen (secondary N) is 1. The number of nitrogens with zero attached hydrogens (tertiary/aromatic N) is 2. The van der Waals surface area contributed by atoms with E-state index >= 15 is 0 Å². The summed E-state index contributed by atoms with van der Waals surface area (Å²) in [4.78, 5) is 19.6. The maximum atomic E-state index is 11.6. The molecule has 0 unspecified atom stereocenters. The van der Waals surface area contributed by atoms with Crippen LogP contribution in [-0.2, 0) is 4.79 Å². The first-order valence-corrected chi connectivity index (χ1v) is 7.90. The van der Waals surface area contributed by atoms with E-state index in [-0.39, 0.29) is 5.91 Å². The van der Waals surface area contributed by atoms with Gasteiger partial charge in [-0.1, -0.05) is 58.3 Å². The lowest BCUT2D eigenvalue weighted by atomic mass is 10.1. The van der Waals surface area contributed by atoms with Gasteiger partial charge in [0.1, 0.15) is 0 Å². The summed E-state index contributed by atoms with van der Waals surface area (Å²) in [6.45, 7) is 2.24. The van der Waals surface area contributed by atoms with E-state index in [9.17, 15) is 4.79 Å². The number of rotatable bonds is 11. The molecule has 1 heterocycles. The number of aromatic nitrogens is 2. The van der Waals surface area contributed by atoms with Gasteiger partial charge in [-0.3, -0.25) is 10.1 Å². The lowest BCUT2D eigenvalue weighted by Gasteiger charge is -2.03. The Labute approximate surface area is 122 Å². The number of amides is 1. The third kappa shape index (κ3) is 8.62. The van der Waals surface area contributed by atoms with Gasteiger partial charge in [-0.25, -0.2) is 9.97 Å². The smallest absolute Gasteiger partial charge is 0.229 e. The molecular weight excluding hydrogens is 250 g/mol. The summed E-state index contributed by atoms with van der Waals surface area (Å²) in [6.07, 6.45) is 15.2. The van der Waals surface area contributed by atoms with Gasteiger partial charge in [0.25, 0.3) is 0 Å². The van der Waals surface area contributed by atoms with Crippen molar-refractivity contribution in [1.82, 2.24) is 9.97 Å². The largest absolute Gasteiger partial charge is 0.295 e. The van der Waals surface area contributed by atoms with Gasteiger partial charge in [0, 0.05) is 18.8 Å². The van der Waals surface area contributed by atoms with Crippen LogP contribution in [0.25, 0.3) is 0 Å². The molecule has 0 fully saturated rings. The van der Waals surface area contributed by atoms with Crippen molar-refractivity contribution in [3.63, 3.8) is 0 Å². The molecule has 1 N–H and O–H groups in total. The topological polar surface area (TPSA) is 54.9 Å². The summed E-state index contributed by atoms with van der Waals surface area (Å²) < 4.78 is 0. The van der Waals surface area contributed by atoms with Gasteiger partial charge >= 0.3 is 0 Å². The lowest BCUT2D eigenvalue weighted by molar-refractivity contribution is -0.116. The van der Waals surface area contributed by atoms with E-state index in [1.54, 1.807) is 18.5 Å². The van der Waals surface area contributed by atoms with E-state index in [2.05, 4.69) is 22.2 Å². The molecule has 20 heavy (non-hydrogen) atoms. The van der Waals surface area contributed by atoms with Crippen LogP contribution >= 0.6 is 0 Å². The van der Waals surface area contributed by atoms with Crippen molar-refractivity contribution in [1.29, 1.82) is 0 Å². The highest BCUT2D eigenvalue weighted by Crippen LogP contribution is 2.10. The highest BCUT2D eigenvalue weighted by molar-refractivity contribution is 5.88.